The van der Waals surface area contributed by atoms with Gasteiger partial charge in [-0.1, -0.05) is 62.4 Å². The van der Waals surface area contributed by atoms with Gasteiger partial charge in [0.15, 0.2) is 0 Å². The first-order chi connectivity index (χ1) is 9.41. The zero-order valence-electron chi connectivity index (χ0n) is 12.9. The van der Waals surface area contributed by atoms with Crippen molar-refractivity contribution in [3.8, 4) is 0 Å². The maximum Gasteiger partial charge on any atom is 0.112 e. The van der Waals surface area contributed by atoms with Crippen LogP contribution in [0.15, 0.2) is 48.5 Å². The van der Waals surface area contributed by atoms with Gasteiger partial charge in [0.05, 0.1) is 0 Å². The van der Waals surface area contributed by atoms with Crippen molar-refractivity contribution in [2.45, 2.75) is 39.7 Å². The number of aliphatic hydroxyl groups is 1. The topological polar surface area (TPSA) is 20.2 Å². The molecule has 1 nitrogen and oxygen atoms in total. The van der Waals surface area contributed by atoms with Gasteiger partial charge in [0.1, 0.15) is 5.60 Å². The Labute approximate surface area is 122 Å². The van der Waals surface area contributed by atoms with Crippen molar-refractivity contribution in [3.63, 3.8) is 0 Å². The Morgan fingerprint density at radius 2 is 1.75 bits per heavy atom. The Balaban J connectivity index is 2.41. The molecule has 0 bridgehead atoms. The van der Waals surface area contributed by atoms with E-state index in [0.29, 0.717) is 5.92 Å². The predicted octanol–water partition coefficient (Wildman–Crippen LogP) is 4.45. The molecule has 0 saturated carbocycles. The zero-order chi connectivity index (χ0) is 14.8. The van der Waals surface area contributed by atoms with Crippen molar-refractivity contribution >= 4 is 0 Å². The molecule has 0 aliphatic carbocycles. The number of aryl methyl sites for hydroxylation is 1. The van der Waals surface area contributed by atoms with E-state index in [1.54, 1.807) is 0 Å². The van der Waals surface area contributed by atoms with Crippen LogP contribution in [-0.2, 0) is 12.0 Å². The first-order valence-corrected chi connectivity index (χ1v) is 7.29. The van der Waals surface area contributed by atoms with Crippen molar-refractivity contribution in [3.05, 3.63) is 70.8 Å². The molecular weight excluding hydrogens is 244 g/mol. The normalized spacial score (nSPS) is 14.3. The number of hydrogen-bond acceptors (Lipinski definition) is 1. The third-order valence-corrected chi connectivity index (χ3v) is 3.80. The van der Waals surface area contributed by atoms with E-state index in [9.17, 15) is 5.11 Å². The van der Waals surface area contributed by atoms with Crippen molar-refractivity contribution < 1.29 is 5.11 Å². The Morgan fingerprint density at radius 3 is 2.40 bits per heavy atom. The Hall–Kier alpha value is -1.60. The second-order valence-corrected chi connectivity index (χ2v) is 6.19. The molecule has 1 N–H and O–H groups in total. The lowest BCUT2D eigenvalue weighted by Crippen LogP contribution is -2.24. The summed E-state index contributed by atoms with van der Waals surface area (Å²) in [7, 11) is 0. The van der Waals surface area contributed by atoms with Crippen molar-refractivity contribution in [1.29, 1.82) is 0 Å². The zero-order valence-corrected chi connectivity index (χ0v) is 12.9. The van der Waals surface area contributed by atoms with Crippen LogP contribution in [0.5, 0.6) is 0 Å². The van der Waals surface area contributed by atoms with E-state index in [2.05, 4.69) is 26.0 Å². The number of rotatable bonds is 4. The predicted molar refractivity (Wildman–Crippen MR) is 84.8 cm³/mol. The van der Waals surface area contributed by atoms with Crippen LogP contribution in [-0.4, -0.2) is 5.11 Å². The van der Waals surface area contributed by atoms with Gasteiger partial charge < -0.3 is 5.11 Å². The van der Waals surface area contributed by atoms with Gasteiger partial charge in [0.25, 0.3) is 0 Å². The standard InChI is InChI=1S/C19H24O/c1-14(2)12-16-9-7-10-17(13-16)19(4,20)18-11-6-5-8-15(18)3/h5-11,13-14,20H,12H2,1-4H3. The first kappa shape index (κ1) is 14.8. The molecule has 0 aliphatic heterocycles. The van der Waals surface area contributed by atoms with Gasteiger partial charge in [-0.25, -0.2) is 0 Å². The molecule has 0 saturated heterocycles. The largest absolute Gasteiger partial charge is 0.381 e. The maximum absolute atomic E-state index is 11.0. The summed E-state index contributed by atoms with van der Waals surface area (Å²) in [6.45, 7) is 8.35. The molecule has 0 fully saturated rings. The average molecular weight is 268 g/mol. The molecule has 20 heavy (non-hydrogen) atoms. The van der Waals surface area contributed by atoms with Gasteiger partial charge in [-0.05, 0) is 48.4 Å². The molecule has 0 aliphatic rings. The van der Waals surface area contributed by atoms with Crippen LogP contribution in [0.2, 0.25) is 0 Å². The SMILES string of the molecule is Cc1ccccc1C(C)(O)c1cccc(CC(C)C)c1. The summed E-state index contributed by atoms with van der Waals surface area (Å²) in [4.78, 5) is 0. The molecule has 0 heterocycles. The highest BCUT2D eigenvalue weighted by atomic mass is 16.3. The van der Waals surface area contributed by atoms with Gasteiger partial charge in [0, 0.05) is 0 Å². The monoisotopic (exact) mass is 268 g/mol. The number of hydrogen-bond donors (Lipinski definition) is 1. The lowest BCUT2D eigenvalue weighted by Gasteiger charge is -2.27. The molecule has 2 aromatic carbocycles. The highest BCUT2D eigenvalue weighted by Crippen LogP contribution is 2.31. The van der Waals surface area contributed by atoms with Crippen LogP contribution < -0.4 is 0 Å². The van der Waals surface area contributed by atoms with E-state index in [-0.39, 0.29) is 0 Å². The molecule has 1 heteroatoms. The summed E-state index contributed by atoms with van der Waals surface area (Å²) in [6.07, 6.45) is 1.04. The molecule has 106 valence electrons. The molecule has 2 rings (SSSR count). The van der Waals surface area contributed by atoms with E-state index in [4.69, 9.17) is 0 Å². The van der Waals surface area contributed by atoms with Gasteiger partial charge in [0.2, 0.25) is 0 Å². The van der Waals surface area contributed by atoms with Gasteiger partial charge >= 0.3 is 0 Å². The first-order valence-electron chi connectivity index (χ1n) is 7.29. The van der Waals surface area contributed by atoms with Gasteiger partial charge in [-0.15, -0.1) is 0 Å². The molecule has 2 aromatic rings. The van der Waals surface area contributed by atoms with E-state index in [1.165, 1.54) is 5.56 Å². The van der Waals surface area contributed by atoms with Gasteiger partial charge in [-0.2, -0.15) is 0 Å². The summed E-state index contributed by atoms with van der Waals surface area (Å²) in [6, 6.07) is 16.4. The molecular formula is C19H24O. The summed E-state index contributed by atoms with van der Waals surface area (Å²) in [5, 5.41) is 11.0. The Bertz CT molecular complexity index is 582. The number of benzene rings is 2. The van der Waals surface area contributed by atoms with Crippen LogP contribution in [0.1, 0.15) is 43.0 Å². The highest BCUT2D eigenvalue weighted by Gasteiger charge is 2.27. The third-order valence-electron chi connectivity index (χ3n) is 3.80. The second-order valence-electron chi connectivity index (χ2n) is 6.19. The summed E-state index contributed by atoms with van der Waals surface area (Å²) in [5.41, 5.74) is 3.39. The fourth-order valence-corrected chi connectivity index (χ4v) is 2.75. The quantitative estimate of drug-likeness (QED) is 0.868. The van der Waals surface area contributed by atoms with Gasteiger partial charge in [-0.3, -0.25) is 0 Å². The van der Waals surface area contributed by atoms with Crippen LogP contribution in [0.3, 0.4) is 0 Å². The summed E-state index contributed by atoms with van der Waals surface area (Å²) < 4.78 is 0. The van der Waals surface area contributed by atoms with Crippen LogP contribution in [0, 0.1) is 12.8 Å². The minimum Gasteiger partial charge on any atom is -0.381 e. The average Bonchev–Trinajstić information content (AvgIpc) is 2.38. The highest BCUT2D eigenvalue weighted by molar-refractivity contribution is 5.41. The Kier molecular flexibility index (Phi) is 4.29. The third kappa shape index (κ3) is 3.10. The molecule has 0 spiro atoms. The van der Waals surface area contributed by atoms with E-state index < -0.39 is 5.60 Å². The van der Waals surface area contributed by atoms with E-state index in [0.717, 1.165) is 23.1 Å². The molecule has 1 unspecified atom stereocenters. The Morgan fingerprint density at radius 1 is 1.05 bits per heavy atom. The molecule has 1 atom stereocenters. The minimum atomic E-state index is -0.946. The molecule has 0 amide bonds. The summed E-state index contributed by atoms with van der Waals surface area (Å²) in [5.74, 6) is 0.619. The summed E-state index contributed by atoms with van der Waals surface area (Å²) >= 11 is 0. The fraction of sp³-hybridized carbons (Fsp3) is 0.368. The second kappa shape index (κ2) is 5.80. The van der Waals surface area contributed by atoms with Crippen molar-refractivity contribution in [2.75, 3.05) is 0 Å². The fourth-order valence-electron chi connectivity index (χ4n) is 2.75. The maximum atomic E-state index is 11.0. The van der Waals surface area contributed by atoms with Crippen LogP contribution in [0.4, 0.5) is 0 Å². The lowest BCUT2D eigenvalue weighted by atomic mass is 9.84. The van der Waals surface area contributed by atoms with Crippen LogP contribution >= 0.6 is 0 Å². The van der Waals surface area contributed by atoms with Crippen LogP contribution in [0.25, 0.3) is 0 Å². The smallest absolute Gasteiger partial charge is 0.112 e. The van der Waals surface area contributed by atoms with E-state index >= 15 is 0 Å². The van der Waals surface area contributed by atoms with Crippen molar-refractivity contribution in [2.24, 2.45) is 5.92 Å². The lowest BCUT2D eigenvalue weighted by molar-refractivity contribution is 0.101. The molecule has 0 radical (unpaired) electrons. The van der Waals surface area contributed by atoms with E-state index in [1.807, 2.05) is 50.2 Å². The van der Waals surface area contributed by atoms with Crippen molar-refractivity contribution in [1.82, 2.24) is 0 Å². The minimum absolute atomic E-state index is 0.619. The molecule has 0 aromatic heterocycles.